The van der Waals surface area contributed by atoms with Gasteiger partial charge in [0.25, 0.3) is 0 Å². The molecule has 0 spiro atoms. The Labute approximate surface area is 125 Å². The SMILES string of the molecule is Cc1c(Cl)cccc1C(N)c1cccc(C2CCC2)c1. The summed E-state index contributed by atoms with van der Waals surface area (Å²) in [4.78, 5) is 0. The van der Waals surface area contributed by atoms with Gasteiger partial charge in [-0.3, -0.25) is 0 Å². The highest BCUT2D eigenvalue weighted by atomic mass is 35.5. The molecule has 2 aromatic carbocycles. The summed E-state index contributed by atoms with van der Waals surface area (Å²) in [6.45, 7) is 2.04. The van der Waals surface area contributed by atoms with Gasteiger partial charge in [0, 0.05) is 5.02 Å². The van der Waals surface area contributed by atoms with E-state index < -0.39 is 0 Å². The van der Waals surface area contributed by atoms with Crippen LogP contribution in [0.4, 0.5) is 0 Å². The number of nitrogens with two attached hydrogens (primary N) is 1. The van der Waals surface area contributed by atoms with E-state index in [1.165, 1.54) is 30.4 Å². The largest absolute Gasteiger partial charge is 0.320 e. The molecule has 1 aliphatic rings. The van der Waals surface area contributed by atoms with Crippen LogP contribution >= 0.6 is 11.6 Å². The van der Waals surface area contributed by atoms with Crippen LogP contribution in [-0.4, -0.2) is 0 Å². The number of hydrogen-bond donors (Lipinski definition) is 1. The Hall–Kier alpha value is -1.31. The molecule has 104 valence electrons. The predicted molar refractivity (Wildman–Crippen MR) is 85.3 cm³/mol. The second-order valence-corrected chi connectivity index (χ2v) is 6.14. The van der Waals surface area contributed by atoms with Crippen LogP contribution in [0.15, 0.2) is 42.5 Å². The lowest BCUT2D eigenvalue weighted by Gasteiger charge is -2.27. The second kappa shape index (κ2) is 5.59. The third-order valence-corrected chi connectivity index (χ3v) is 4.90. The van der Waals surface area contributed by atoms with Crippen LogP contribution in [0, 0.1) is 6.92 Å². The molecular formula is C18H20ClN. The molecule has 2 heteroatoms. The standard InChI is InChI=1S/C18H20ClN/c1-12-16(9-4-10-17(12)19)18(20)15-8-3-7-14(11-15)13-5-2-6-13/h3-4,7-11,13,18H,2,5-6,20H2,1H3. The van der Waals surface area contributed by atoms with E-state index in [1.54, 1.807) is 0 Å². The molecule has 0 aliphatic heterocycles. The van der Waals surface area contributed by atoms with Gasteiger partial charge in [0.15, 0.2) is 0 Å². The molecule has 1 aliphatic carbocycles. The zero-order valence-electron chi connectivity index (χ0n) is 11.8. The van der Waals surface area contributed by atoms with Crippen LogP contribution in [0.5, 0.6) is 0 Å². The highest BCUT2D eigenvalue weighted by molar-refractivity contribution is 6.31. The topological polar surface area (TPSA) is 26.0 Å². The van der Waals surface area contributed by atoms with Crippen molar-refractivity contribution in [3.63, 3.8) is 0 Å². The van der Waals surface area contributed by atoms with Gasteiger partial charge in [-0.2, -0.15) is 0 Å². The lowest BCUT2D eigenvalue weighted by molar-refractivity contribution is 0.419. The summed E-state index contributed by atoms with van der Waals surface area (Å²) in [5.74, 6) is 0.739. The summed E-state index contributed by atoms with van der Waals surface area (Å²) in [7, 11) is 0. The summed E-state index contributed by atoms with van der Waals surface area (Å²) >= 11 is 6.20. The summed E-state index contributed by atoms with van der Waals surface area (Å²) < 4.78 is 0. The van der Waals surface area contributed by atoms with E-state index >= 15 is 0 Å². The molecular weight excluding hydrogens is 266 g/mol. The highest BCUT2D eigenvalue weighted by Gasteiger charge is 2.20. The quantitative estimate of drug-likeness (QED) is 0.847. The Morgan fingerprint density at radius 3 is 2.60 bits per heavy atom. The Balaban J connectivity index is 1.93. The number of rotatable bonds is 3. The molecule has 1 unspecified atom stereocenters. The fourth-order valence-corrected chi connectivity index (χ4v) is 3.07. The smallest absolute Gasteiger partial charge is 0.0554 e. The van der Waals surface area contributed by atoms with E-state index in [2.05, 4.69) is 30.3 Å². The molecule has 0 saturated heterocycles. The maximum atomic E-state index is 6.46. The molecule has 0 amide bonds. The van der Waals surface area contributed by atoms with Gasteiger partial charge in [-0.05, 0) is 54.0 Å². The average Bonchev–Trinajstić information content (AvgIpc) is 2.40. The van der Waals surface area contributed by atoms with Crippen LogP contribution in [0.25, 0.3) is 0 Å². The van der Waals surface area contributed by atoms with Gasteiger partial charge in [-0.15, -0.1) is 0 Å². The van der Waals surface area contributed by atoms with Crippen LogP contribution < -0.4 is 5.73 Å². The molecule has 3 rings (SSSR count). The number of hydrogen-bond acceptors (Lipinski definition) is 1. The summed E-state index contributed by atoms with van der Waals surface area (Å²) in [6.07, 6.45) is 3.98. The first-order valence-electron chi connectivity index (χ1n) is 7.27. The van der Waals surface area contributed by atoms with Gasteiger partial charge in [-0.25, -0.2) is 0 Å². The van der Waals surface area contributed by atoms with Crippen LogP contribution in [0.1, 0.15) is 53.5 Å². The lowest BCUT2D eigenvalue weighted by atomic mass is 9.79. The summed E-state index contributed by atoms with van der Waals surface area (Å²) in [5, 5.41) is 0.785. The van der Waals surface area contributed by atoms with Crippen molar-refractivity contribution in [3.8, 4) is 0 Å². The van der Waals surface area contributed by atoms with E-state index in [4.69, 9.17) is 17.3 Å². The Morgan fingerprint density at radius 1 is 1.15 bits per heavy atom. The minimum atomic E-state index is -0.103. The molecule has 1 saturated carbocycles. The van der Waals surface area contributed by atoms with Crippen molar-refractivity contribution < 1.29 is 0 Å². The van der Waals surface area contributed by atoms with Crippen LogP contribution in [0.3, 0.4) is 0 Å². The first-order chi connectivity index (χ1) is 9.66. The Bertz CT molecular complexity index is 617. The monoisotopic (exact) mass is 285 g/mol. The average molecular weight is 286 g/mol. The molecule has 0 bridgehead atoms. The van der Waals surface area contributed by atoms with Crippen molar-refractivity contribution in [3.05, 3.63) is 69.7 Å². The van der Waals surface area contributed by atoms with E-state index in [0.717, 1.165) is 22.1 Å². The van der Waals surface area contributed by atoms with Crippen molar-refractivity contribution in [2.75, 3.05) is 0 Å². The van der Waals surface area contributed by atoms with E-state index in [9.17, 15) is 0 Å². The van der Waals surface area contributed by atoms with Crippen molar-refractivity contribution in [1.82, 2.24) is 0 Å². The lowest BCUT2D eigenvalue weighted by Crippen LogP contribution is -2.15. The van der Waals surface area contributed by atoms with Crippen LogP contribution in [-0.2, 0) is 0 Å². The van der Waals surface area contributed by atoms with Crippen molar-refractivity contribution in [1.29, 1.82) is 0 Å². The number of benzene rings is 2. The van der Waals surface area contributed by atoms with Gasteiger partial charge >= 0.3 is 0 Å². The molecule has 20 heavy (non-hydrogen) atoms. The maximum Gasteiger partial charge on any atom is 0.0554 e. The third kappa shape index (κ3) is 2.48. The minimum absolute atomic E-state index is 0.103. The van der Waals surface area contributed by atoms with Crippen molar-refractivity contribution in [2.24, 2.45) is 5.73 Å². The Kier molecular flexibility index (Phi) is 3.82. The second-order valence-electron chi connectivity index (χ2n) is 5.73. The van der Waals surface area contributed by atoms with E-state index in [0.29, 0.717) is 0 Å². The van der Waals surface area contributed by atoms with Gasteiger partial charge < -0.3 is 5.73 Å². The fourth-order valence-electron chi connectivity index (χ4n) is 2.89. The van der Waals surface area contributed by atoms with Gasteiger partial charge in [0.2, 0.25) is 0 Å². The van der Waals surface area contributed by atoms with Gasteiger partial charge in [0.1, 0.15) is 0 Å². The minimum Gasteiger partial charge on any atom is -0.320 e. The Morgan fingerprint density at radius 2 is 1.90 bits per heavy atom. The van der Waals surface area contributed by atoms with E-state index in [1.807, 2.05) is 19.1 Å². The fraction of sp³-hybridized carbons (Fsp3) is 0.333. The van der Waals surface area contributed by atoms with E-state index in [-0.39, 0.29) is 6.04 Å². The zero-order chi connectivity index (χ0) is 14.1. The number of halogens is 1. The molecule has 1 fully saturated rings. The highest BCUT2D eigenvalue weighted by Crippen LogP contribution is 2.37. The summed E-state index contributed by atoms with van der Waals surface area (Å²) in [6, 6.07) is 14.6. The van der Waals surface area contributed by atoms with Crippen molar-refractivity contribution in [2.45, 2.75) is 38.1 Å². The van der Waals surface area contributed by atoms with Gasteiger partial charge in [-0.1, -0.05) is 54.4 Å². The predicted octanol–water partition coefficient (Wildman–Crippen LogP) is 4.96. The maximum absolute atomic E-state index is 6.46. The molecule has 0 aromatic heterocycles. The summed E-state index contributed by atoms with van der Waals surface area (Å²) in [5.41, 5.74) is 11.3. The molecule has 2 aromatic rings. The van der Waals surface area contributed by atoms with Gasteiger partial charge in [0.05, 0.1) is 6.04 Å². The van der Waals surface area contributed by atoms with Crippen molar-refractivity contribution >= 4 is 11.6 Å². The molecule has 0 heterocycles. The van der Waals surface area contributed by atoms with Crippen LogP contribution in [0.2, 0.25) is 5.02 Å². The molecule has 1 atom stereocenters. The molecule has 0 radical (unpaired) electrons. The normalized spacial score (nSPS) is 16.8. The molecule has 1 nitrogen and oxygen atoms in total. The third-order valence-electron chi connectivity index (χ3n) is 4.49. The molecule has 2 N–H and O–H groups in total. The zero-order valence-corrected chi connectivity index (χ0v) is 12.5. The first-order valence-corrected chi connectivity index (χ1v) is 7.65. The first kappa shape index (κ1) is 13.7.